The number of hydrogen-bond acceptors (Lipinski definition) is 15. The summed E-state index contributed by atoms with van der Waals surface area (Å²) in [4.78, 5) is 51.8. The van der Waals surface area contributed by atoms with E-state index in [4.69, 9.17) is 9.72 Å². The molecule has 3 aromatic carbocycles. The summed E-state index contributed by atoms with van der Waals surface area (Å²) in [6, 6.07) is 11.2. The number of ether oxygens (including phenoxy) is 1. The molecule has 8 heterocycles. The fraction of sp³-hybridized carbons (Fsp3) is 0.388. The molecule has 0 radical (unpaired) electrons. The molecule has 0 unspecified atom stereocenters. The molecular formula is C49H54BrFN15O4P. The summed E-state index contributed by atoms with van der Waals surface area (Å²) < 4.78 is 39.9. The molecule has 7 aromatic rings. The molecule has 4 fully saturated rings. The summed E-state index contributed by atoms with van der Waals surface area (Å²) in [6.07, 6.45) is 10.4. The topological polar surface area (TPSA) is 197 Å². The van der Waals surface area contributed by atoms with Gasteiger partial charge in [-0.2, -0.15) is 15.2 Å². The number of aryl methyl sites for hydroxylation is 3. The smallest absolute Gasteiger partial charge is 0.329 e. The van der Waals surface area contributed by atoms with E-state index in [9.17, 15) is 14.2 Å². The van der Waals surface area contributed by atoms with Gasteiger partial charge in [0.05, 0.1) is 56.9 Å². The summed E-state index contributed by atoms with van der Waals surface area (Å²) in [5.74, 6) is 1.61. The predicted octanol–water partition coefficient (Wildman–Crippen LogP) is 7.29. The maximum Gasteiger partial charge on any atom is 0.329 e. The van der Waals surface area contributed by atoms with Crippen molar-refractivity contribution in [1.82, 2.24) is 49.7 Å². The number of hydrogen-bond donors (Lipinski definition) is 3. The van der Waals surface area contributed by atoms with Crippen LogP contribution in [0.15, 0.2) is 65.7 Å². The van der Waals surface area contributed by atoms with E-state index in [0.29, 0.717) is 78.6 Å². The molecule has 0 aliphatic carbocycles. The molecule has 4 aliphatic heterocycles. The number of piperazine rings is 1. The average molecular weight is 1050 g/mol. The Balaban J connectivity index is 0.777. The van der Waals surface area contributed by atoms with Crippen molar-refractivity contribution < 1.29 is 23.3 Å². The van der Waals surface area contributed by atoms with E-state index < -0.39 is 13.2 Å². The molecule has 22 heteroatoms. The normalized spacial score (nSPS) is 18.8. The lowest BCUT2D eigenvalue weighted by Gasteiger charge is -2.40. The van der Waals surface area contributed by atoms with E-state index in [0.717, 1.165) is 80.0 Å². The number of aromatic nitrogens is 8. The molecule has 2 atom stereocenters. The Morgan fingerprint density at radius 3 is 2.48 bits per heavy atom. The zero-order chi connectivity index (χ0) is 49.5. The average Bonchev–Trinajstić information content (AvgIpc) is 4.13. The van der Waals surface area contributed by atoms with Crippen LogP contribution in [0.25, 0.3) is 33.1 Å². The van der Waals surface area contributed by atoms with Crippen LogP contribution in [-0.2, 0) is 23.5 Å². The number of amides is 3. The number of halogens is 2. The zero-order valence-corrected chi connectivity index (χ0v) is 42.8. The van der Waals surface area contributed by atoms with Gasteiger partial charge >= 0.3 is 6.03 Å². The van der Waals surface area contributed by atoms with Crippen molar-refractivity contribution in [1.29, 1.82) is 0 Å². The number of methoxy groups -OCH3 is 1. The first-order valence-corrected chi connectivity index (χ1v) is 27.1. The van der Waals surface area contributed by atoms with Gasteiger partial charge in [0.25, 0.3) is 0 Å². The van der Waals surface area contributed by atoms with E-state index in [1.807, 2.05) is 44.6 Å². The van der Waals surface area contributed by atoms with Gasteiger partial charge in [0, 0.05) is 119 Å². The van der Waals surface area contributed by atoms with Gasteiger partial charge in [0.2, 0.25) is 11.9 Å². The first kappa shape index (κ1) is 46.7. The van der Waals surface area contributed by atoms with Gasteiger partial charge in [-0.05, 0) is 91.7 Å². The second kappa shape index (κ2) is 18.2. The Morgan fingerprint density at radius 1 is 0.944 bits per heavy atom. The second-order valence-electron chi connectivity index (χ2n) is 19.4. The SMILES string of the molecule is COc1cc(N2CCC(CN3C[C@H]4C[C@@H]3CN4c3cc4c(cc3F)c(N3CCC(=O)NC3=O)nn4C)CC2)c(-c2cnn(C)c2)cc1Nc1ncc(Br)c(Nc2ccc3nc(C)cnc3c2P(C)(C)=O)n1. The van der Waals surface area contributed by atoms with Crippen molar-refractivity contribution in [3.05, 3.63) is 77.2 Å². The minimum Gasteiger partial charge on any atom is -0.494 e. The molecule has 2 bridgehead atoms. The molecule has 4 aliphatic rings. The summed E-state index contributed by atoms with van der Waals surface area (Å²) in [5.41, 5.74) is 7.62. The Labute approximate surface area is 417 Å². The van der Waals surface area contributed by atoms with Crippen LogP contribution in [0.2, 0.25) is 0 Å². The Kier molecular flexibility index (Phi) is 11.9. The van der Waals surface area contributed by atoms with Crippen LogP contribution in [0, 0.1) is 18.7 Å². The molecule has 0 saturated carbocycles. The molecule has 19 nitrogen and oxygen atoms in total. The molecule has 3 amide bonds. The minimum absolute atomic E-state index is 0.163. The molecular weight excluding hydrogens is 993 g/mol. The van der Waals surface area contributed by atoms with E-state index in [1.165, 1.54) is 11.0 Å². The summed E-state index contributed by atoms with van der Waals surface area (Å²) in [5, 5.41) is 19.4. The van der Waals surface area contributed by atoms with Crippen LogP contribution in [0.3, 0.4) is 0 Å². The number of imide groups is 1. The number of nitrogens with one attached hydrogen (secondary N) is 3. The van der Waals surface area contributed by atoms with Crippen molar-refractivity contribution in [3.63, 3.8) is 0 Å². The highest BCUT2D eigenvalue weighted by Gasteiger charge is 2.45. The second-order valence-corrected chi connectivity index (χ2v) is 23.4. The maximum atomic E-state index is 16.0. The fourth-order valence-corrected chi connectivity index (χ4v) is 12.5. The summed E-state index contributed by atoms with van der Waals surface area (Å²) in [6.45, 7) is 9.86. The lowest BCUT2D eigenvalue weighted by Crippen LogP contribution is -2.49. The van der Waals surface area contributed by atoms with Crippen molar-refractivity contribution in [2.75, 3.05) is 85.0 Å². The lowest BCUT2D eigenvalue weighted by atomic mass is 9.94. The van der Waals surface area contributed by atoms with E-state index in [1.54, 1.807) is 49.2 Å². The standard InChI is InChI=1S/C49H54BrFN15O4P/c1-27-20-52-44-36(55-27)7-8-37(45(44)71(5,6)69)56-46-34(50)22-53-48(59-46)57-38-17-32(29-21-54-61(2)24-29)40(19-42(38)70-4)63-12-9-28(10-13-63)23-64-25-31-15-30(64)26-66(31)41-18-39-33(16-35(41)51)47(60-62(39)3)65-14-11-43(67)58-49(65)68/h7-8,16-22,24,28,30-31H,9-15,23,25-26H2,1-6H3,(H,58,67,68)(H2,53,56,57,59)/t30-,31-/m1/s1. The molecule has 71 heavy (non-hydrogen) atoms. The third-order valence-electron chi connectivity index (χ3n) is 14.2. The van der Waals surface area contributed by atoms with Crippen molar-refractivity contribution in [3.8, 4) is 16.9 Å². The molecule has 3 N–H and O–H groups in total. The van der Waals surface area contributed by atoms with Gasteiger partial charge in [0.15, 0.2) is 5.82 Å². The number of rotatable bonds is 12. The van der Waals surface area contributed by atoms with Gasteiger partial charge in [-0.1, -0.05) is 0 Å². The number of benzene rings is 3. The van der Waals surface area contributed by atoms with Gasteiger partial charge in [0.1, 0.15) is 30.0 Å². The zero-order valence-electron chi connectivity index (χ0n) is 40.3. The van der Waals surface area contributed by atoms with E-state index in [2.05, 4.69) is 83.9 Å². The van der Waals surface area contributed by atoms with Crippen LogP contribution < -0.4 is 40.7 Å². The van der Waals surface area contributed by atoms with Gasteiger partial charge in [-0.25, -0.2) is 19.2 Å². The first-order chi connectivity index (χ1) is 34.1. The number of carbonyl (C=O) groups excluding carboxylic acids is 2. The van der Waals surface area contributed by atoms with Gasteiger partial charge < -0.3 is 29.7 Å². The number of piperidine rings is 1. The number of fused-ring (bicyclic) bond motifs is 4. The number of carbonyl (C=O) groups is 2. The van der Waals surface area contributed by atoms with Crippen molar-refractivity contribution in [2.24, 2.45) is 20.0 Å². The predicted molar refractivity (Wildman–Crippen MR) is 277 cm³/mol. The molecule has 368 valence electrons. The Bertz CT molecular complexity index is 3330. The summed E-state index contributed by atoms with van der Waals surface area (Å²) in [7, 11) is 2.53. The highest BCUT2D eigenvalue weighted by molar-refractivity contribution is 9.10. The van der Waals surface area contributed by atoms with Crippen molar-refractivity contribution in [2.45, 2.75) is 44.7 Å². The third kappa shape index (κ3) is 8.81. The quantitative estimate of drug-likeness (QED) is 0.103. The van der Waals surface area contributed by atoms with Crippen LogP contribution >= 0.6 is 23.1 Å². The molecule has 4 aromatic heterocycles. The third-order valence-corrected chi connectivity index (χ3v) is 16.4. The van der Waals surface area contributed by atoms with Gasteiger partial charge in [-0.3, -0.25) is 34.3 Å². The highest BCUT2D eigenvalue weighted by atomic mass is 79.9. The Morgan fingerprint density at radius 2 is 1.76 bits per heavy atom. The van der Waals surface area contributed by atoms with E-state index in [-0.39, 0.29) is 30.7 Å². The number of likely N-dealkylation sites (tertiary alicyclic amines) is 1. The molecule has 0 spiro atoms. The molecule has 4 saturated heterocycles. The van der Waals surface area contributed by atoms with E-state index >= 15 is 4.39 Å². The van der Waals surface area contributed by atoms with Crippen LogP contribution in [0.4, 0.5) is 49.5 Å². The summed E-state index contributed by atoms with van der Waals surface area (Å²) >= 11 is 3.62. The van der Waals surface area contributed by atoms with Crippen LogP contribution in [-0.4, -0.2) is 128 Å². The highest BCUT2D eigenvalue weighted by Crippen LogP contribution is 2.45. The molecule has 11 rings (SSSR count). The van der Waals surface area contributed by atoms with Crippen LogP contribution in [0.5, 0.6) is 5.75 Å². The first-order valence-electron chi connectivity index (χ1n) is 23.7. The maximum absolute atomic E-state index is 16.0. The largest absolute Gasteiger partial charge is 0.494 e. The number of anilines is 7. The van der Waals surface area contributed by atoms with Crippen LogP contribution in [0.1, 0.15) is 31.4 Å². The minimum atomic E-state index is -2.83. The number of urea groups is 1. The van der Waals surface area contributed by atoms with Gasteiger partial charge in [-0.15, -0.1) is 0 Å². The lowest BCUT2D eigenvalue weighted by molar-refractivity contribution is -0.120. The fourth-order valence-electron chi connectivity index (χ4n) is 10.9. The number of nitrogens with zero attached hydrogens (tertiary/aromatic N) is 12. The monoisotopic (exact) mass is 1050 g/mol. The Hall–Kier alpha value is -6.70. The van der Waals surface area contributed by atoms with Crippen molar-refractivity contribution >= 4 is 103 Å².